The highest BCUT2D eigenvalue weighted by Gasteiger charge is 2.22. The second kappa shape index (κ2) is 9.68. The van der Waals surface area contributed by atoms with Crippen molar-refractivity contribution in [2.75, 3.05) is 6.54 Å². The normalized spacial score (nSPS) is 16.7. The van der Waals surface area contributed by atoms with Crippen LogP contribution in [0.25, 0.3) is 5.57 Å². The van der Waals surface area contributed by atoms with Crippen LogP contribution in [0.2, 0.25) is 0 Å². The van der Waals surface area contributed by atoms with E-state index in [0.29, 0.717) is 11.5 Å². The molecule has 1 amide bonds. The van der Waals surface area contributed by atoms with Crippen LogP contribution in [-0.4, -0.2) is 35.1 Å². The number of amides is 1. The average Bonchev–Trinajstić information content (AvgIpc) is 2.82. The molecular formula is C26H25NO5. The van der Waals surface area contributed by atoms with Gasteiger partial charge in [0.05, 0.1) is 6.10 Å². The van der Waals surface area contributed by atoms with Crippen LogP contribution in [0.5, 0.6) is 11.5 Å². The lowest BCUT2D eigenvalue weighted by Crippen LogP contribution is -2.38. The van der Waals surface area contributed by atoms with Gasteiger partial charge in [0, 0.05) is 18.2 Å². The maximum atomic E-state index is 12.4. The predicted molar refractivity (Wildman–Crippen MR) is 121 cm³/mol. The summed E-state index contributed by atoms with van der Waals surface area (Å²) in [7, 11) is 0. The summed E-state index contributed by atoms with van der Waals surface area (Å²) < 4.78 is 11.3. The maximum Gasteiger partial charge on any atom is 0.260 e. The first-order valence-electron chi connectivity index (χ1n) is 10.4. The van der Waals surface area contributed by atoms with Crippen molar-refractivity contribution in [3.8, 4) is 11.5 Å². The number of fused-ring (bicyclic) bond motifs is 1. The van der Waals surface area contributed by atoms with Gasteiger partial charge in [0.25, 0.3) is 5.91 Å². The van der Waals surface area contributed by atoms with Crippen LogP contribution in [0.1, 0.15) is 29.7 Å². The lowest BCUT2D eigenvalue weighted by molar-refractivity contribution is -0.127. The predicted octanol–water partition coefficient (Wildman–Crippen LogP) is 3.45. The Morgan fingerprint density at radius 3 is 2.47 bits per heavy atom. The van der Waals surface area contributed by atoms with Crippen LogP contribution >= 0.6 is 0 Å². The van der Waals surface area contributed by atoms with Crippen LogP contribution in [0.3, 0.4) is 0 Å². The Bertz CT molecular complexity index is 1100. The summed E-state index contributed by atoms with van der Waals surface area (Å²) in [4.78, 5) is 12.4. The van der Waals surface area contributed by atoms with E-state index in [1.165, 1.54) is 0 Å². The zero-order chi connectivity index (χ0) is 22.5. The summed E-state index contributed by atoms with van der Waals surface area (Å²) in [6, 6.07) is 24.1. The summed E-state index contributed by atoms with van der Waals surface area (Å²) in [6.45, 7) is 1.72. The molecular weight excluding hydrogens is 406 g/mol. The van der Waals surface area contributed by atoms with E-state index < -0.39 is 18.5 Å². The van der Waals surface area contributed by atoms with Crippen molar-refractivity contribution in [1.82, 2.24) is 5.32 Å². The number of carbonyl (C=O) groups excluding carboxylic acids is 1. The van der Waals surface area contributed by atoms with Crippen molar-refractivity contribution in [2.45, 2.75) is 25.4 Å². The lowest BCUT2D eigenvalue weighted by atomic mass is 9.95. The molecule has 0 saturated heterocycles. The van der Waals surface area contributed by atoms with E-state index in [9.17, 15) is 15.0 Å². The largest absolute Gasteiger partial charge is 0.481 e. The number of rotatable bonds is 7. The Labute approximate surface area is 186 Å². The molecule has 3 aromatic carbocycles. The first kappa shape index (κ1) is 21.6. The minimum Gasteiger partial charge on any atom is -0.481 e. The summed E-state index contributed by atoms with van der Waals surface area (Å²) in [5.41, 5.74) is 3.40. The Kier molecular flexibility index (Phi) is 6.54. The molecule has 0 aromatic heterocycles. The number of hydrogen-bond donors (Lipinski definition) is 3. The molecule has 3 unspecified atom stereocenters. The molecule has 1 heterocycles. The number of benzene rings is 3. The van der Waals surface area contributed by atoms with Crippen molar-refractivity contribution in [1.29, 1.82) is 0 Å². The van der Waals surface area contributed by atoms with Gasteiger partial charge in [0.15, 0.2) is 6.10 Å². The number of nitrogens with one attached hydrogen (secondary N) is 1. The Balaban J connectivity index is 1.41. The van der Waals surface area contributed by atoms with Crippen LogP contribution in [0.15, 0.2) is 84.9 Å². The summed E-state index contributed by atoms with van der Waals surface area (Å²) in [5, 5.41) is 23.1. The van der Waals surface area contributed by atoms with Crippen molar-refractivity contribution in [2.24, 2.45) is 0 Å². The van der Waals surface area contributed by atoms with Gasteiger partial charge < -0.3 is 25.0 Å². The SMILES string of the molecule is CC(Oc1ccc2c(c1)OC(O)C=C2c1ccccc1)C(=O)NCC(O)c1ccccc1. The van der Waals surface area contributed by atoms with E-state index in [1.54, 1.807) is 37.3 Å². The average molecular weight is 431 g/mol. The number of aliphatic hydroxyl groups excluding tert-OH is 2. The highest BCUT2D eigenvalue weighted by molar-refractivity contribution is 5.84. The van der Waals surface area contributed by atoms with Gasteiger partial charge >= 0.3 is 0 Å². The van der Waals surface area contributed by atoms with E-state index >= 15 is 0 Å². The van der Waals surface area contributed by atoms with E-state index in [4.69, 9.17) is 9.47 Å². The molecule has 32 heavy (non-hydrogen) atoms. The minimum absolute atomic E-state index is 0.0846. The molecule has 0 bridgehead atoms. The third kappa shape index (κ3) is 4.99. The second-order valence-corrected chi connectivity index (χ2v) is 7.54. The van der Waals surface area contributed by atoms with E-state index in [0.717, 1.165) is 22.3 Å². The summed E-state index contributed by atoms with van der Waals surface area (Å²) in [5.74, 6) is 0.573. The molecule has 3 N–H and O–H groups in total. The quantitative estimate of drug-likeness (QED) is 0.533. The highest BCUT2D eigenvalue weighted by atomic mass is 16.6. The molecule has 0 spiro atoms. The summed E-state index contributed by atoms with van der Waals surface area (Å²) >= 11 is 0. The van der Waals surface area contributed by atoms with Gasteiger partial charge in [-0.2, -0.15) is 0 Å². The first-order chi connectivity index (χ1) is 15.5. The smallest absolute Gasteiger partial charge is 0.260 e. The monoisotopic (exact) mass is 431 g/mol. The number of hydrogen-bond acceptors (Lipinski definition) is 5. The molecule has 3 aromatic rings. The van der Waals surface area contributed by atoms with Gasteiger partial charge in [0.1, 0.15) is 11.5 Å². The van der Waals surface area contributed by atoms with Crippen molar-refractivity contribution in [3.63, 3.8) is 0 Å². The van der Waals surface area contributed by atoms with Gasteiger partial charge in [0.2, 0.25) is 6.29 Å². The fourth-order valence-corrected chi connectivity index (χ4v) is 3.55. The van der Waals surface area contributed by atoms with Gasteiger partial charge in [-0.3, -0.25) is 4.79 Å². The van der Waals surface area contributed by atoms with Crippen molar-refractivity contribution < 1.29 is 24.5 Å². The van der Waals surface area contributed by atoms with Crippen LogP contribution in [0.4, 0.5) is 0 Å². The molecule has 4 rings (SSSR count). The highest BCUT2D eigenvalue weighted by Crippen LogP contribution is 2.38. The molecule has 6 nitrogen and oxygen atoms in total. The van der Waals surface area contributed by atoms with Crippen LogP contribution in [-0.2, 0) is 4.79 Å². The van der Waals surface area contributed by atoms with Gasteiger partial charge in [-0.05, 0) is 41.8 Å². The lowest BCUT2D eigenvalue weighted by Gasteiger charge is -2.24. The molecule has 1 aliphatic heterocycles. The molecule has 0 fully saturated rings. The number of ether oxygens (including phenoxy) is 2. The van der Waals surface area contributed by atoms with Gasteiger partial charge in [-0.15, -0.1) is 0 Å². The topological polar surface area (TPSA) is 88.0 Å². The minimum atomic E-state index is -1.08. The fourth-order valence-electron chi connectivity index (χ4n) is 3.55. The van der Waals surface area contributed by atoms with Crippen LogP contribution in [0, 0.1) is 0 Å². The molecule has 1 aliphatic rings. The van der Waals surface area contributed by atoms with Crippen LogP contribution < -0.4 is 14.8 Å². The van der Waals surface area contributed by atoms with Gasteiger partial charge in [-0.25, -0.2) is 0 Å². The molecule has 3 atom stereocenters. The van der Waals surface area contributed by atoms with E-state index in [1.807, 2.05) is 54.6 Å². The molecule has 164 valence electrons. The summed E-state index contributed by atoms with van der Waals surface area (Å²) in [6.07, 6.45) is -0.997. The third-order valence-corrected chi connectivity index (χ3v) is 5.22. The fraction of sp³-hybridized carbons (Fsp3) is 0.192. The Hall–Kier alpha value is -3.61. The zero-order valence-corrected chi connectivity index (χ0v) is 17.6. The molecule has 0 aliphatic carbocycles. The molecule has 6 heteroatoms. The molecule has 0 radical (unpaired) electrons. The number of carbonyl (C=O) groups is 1. The number of aliphatic hydroxyl groups is 2. The zero-order valence-electron chi connectivity index (χ0n) is 17.6. The second-order valence-electron chi connectivity index (χ2n) is 7.54. The third-order valence-electron chi connectivity index (χ3n) is 5.22. The standard InChI is InChI=1S/C26H25NO5/c1-17(26(30)27-16-23(28)19-10-6-3-7-11-19)31-20-12-13-21-22(18-8-4-2-5-9-18)15-25(29)32-24(21)14-20/h2-15,17,23,25,28-29H,16H2,1H3,(H,27,30). The maximum absolute atomic E-state index is 12.4. The van der Waals surface area contributed by atoms with E-state index in [2.05, 4.69) is 5.32 Å². The van der Waals surface area contributed by atoms with E-state index in [-0.39, 0.29) is 12.5 Å². The Morgan fingerprint density at radius 2 is 1.75 bits per heavy atom. The van der Waals surface area contributed by atoms with Gasteiger partial charge in [-0.1, -0.05) is 60.7 Å². The van der Waals surface area contributed by atoms with Crippen molar-refractivity contribution >= 4 is 11.5 Å². The van der Waals surface area contributed by atoms with Crippen molar-refractivity contribution in [3.05, 3.63) is 102 Å². The molecule has 0 saturated carbocycles. The Morgan fingerprint density at radius 1 is 1.06 bits per heavy atom. The first-order valence-corrected chi connectivity index (χ1v) is 10.4.